The van der Waals surface area contributed by atoms with E-state index in [1.165, 1.54) is 0 Å². The van der Waals surface area contributed by atoms with Crippen LogP contribution in [0.4, 0.5) is 0 Å². The fourth-order valence-corrected chi connectivity index (χ4v) is 2.92. The van der Waals surface area contributed by atoms with E-state index in [1.54, 1.807) is 28.7 Å². The topological polar surface area (TPSA) is 109 Å². The third kappa shape index (κ3) is 2.94. The van der Waals surface area contributed by atoms with Crippen molar-refractivity contribution in [3.8, 4) is 0 Å². The summed E-state index contributed by atoms with van der Waals surface area (Å²) in [7, 11) is -1.67. The fourth-order valence-electron chi connectivity index (χ4n) is 2.50. The second kappa shape index (κ2) is 5.70. The number of fused-ring (bicyclic) bond motifs is 3. The number of hydrogen-bond acceptors (Lipinski definition) is 7. The average molecular weight is 337 g/mol. The zero-order chi connectivity index (χ0) is 16.6. The highest BCUT2D eigenvalue weighted by Gasteiger charge is 2.16. The van der Waals surface area contributed by atoms with Crippen molar-refractivity contribution in [1.29, 1.82) is 0 Å². The molecule has 0 saturated carbocycles. The normalized spacial score (nSPS) is 12.3. The maximum absolute atomic E-state index is 11.2. The van der Waals surface area contributed by atoms with Gasteiger partial charge in [0.25, 0.3) is 10.1 Å². The van der Waals surface area contributed by atoms with Crippen LogP contribution in [-0.2, 0) is 27.9 Å². The average Bonchev–Trinajstić information content (AvgIpc) is 3.05. The molecule has 0 amide bonds. The number of benzene rings is 1. The summed E-state index contributed by atoms with van der Waals surface area (Å²) in [6.45, 7) is 0.508. The Morgan fingerprint density at radius 3 is 2.83 bits per heavy atom. The largest absolute Gasteiger partial charge is 0.298 e. The second-order valence-corrected chi connectivity index (χ2v) is 6.82. The number of aldehydes is 1. The molecule has 0 N–H and O–H groups in total. The van der Waals surface area contributed by atoms with Crippen LogP contribution in [0.25, 0.3) is 21.9 Å². The molecule has 10 heteroatoms. The molecule has 0 saturated heterocycles. The Morgan fingerprint density at radius 1 is 1.35 bits per heavy atom. The summed E-state index contributed by atoms with van der Waals surface area (Å²) < 4.78 is 30.0. The van der Waals surface area contributed by atoms with E-state index in [9.17, 15) is 13.2 Å². The molecule has 2 aromatic heterocycles. The van der Waals surface area contributed by atoms with Crippen molar-refractivity contribution >= 4 is 38.3 Å². The Balaban J connectivity index is 1.98. The molecule has 0 unspecified atom stereocenters. The predicted molar refractivity (Wildman–Crippen MR) is 82.6 cm³/mol. The van der Waals surface area contributed by atoms with Crippen LogP contribution in [0.15, 0.2) is 12.3 Å². The molecule has 9 nitrogen and oxygen atoms in total. The lowest BCUT2D eigenvalue weighted by molar-refractivity contribution is 0.112. The van der Waals surface area contributed by atoms with Gasteiger partial charge >= 0.3 is 0 Å². The van der Waals surface area contributed by atoms with Crippen molar-refractivity contribution in [3.63, 3.8) is 0 Å². The molecule has 23 heavy (non-hydrogen) atoms. The summed E-state index contributed by atoms with van der Waals surface area (Å²) in [5.74, 6) is 0. The van der Waals surface area contributed by atoms with Gasteiger partial charge in [0.05, 0.1) is 24.6 Å². The van der Waals surface area contributed by atoms with Crippen LogP contribution in [-0.4, -0.2) is 52.3 Å². The van der Waals surface area contributed by atoms with Crippen LogP contribution in [0, 0.1) is 0 Å². The first-order valence-corrected chi connectivity index (χ1v) is 8.70. The first-order valence-electron chi connectivity index (χ1n) is 6.88. The molecule has 0 bridgehead atoms. The van der Waals surface area contributed by atoms with Crippen molar-refractivity contribution in [1.82, 2.24) is 24.8 Å². The monoisotopic (exact) mass is 337 g/mol. The Labute approximate surface area is 131 Å². The van der Waals surface area contributed by atoms with Crippen molar-refractivity contribution in [2.45, 2.75) is 13.0 Å². The zero-order valence-corrected chi connectivity index (χ0v) is 13.4. The number of rotatable bonds is 6. The van der Waals surface area contributed by atoms with Gasteiger partial charge in [0.1, 0.15) is 11.0 Å². The summed E-state index contributed by atoms with van der Waals surface area (Å²) in [6.07, 6.45) is 3.86. The molecular weight excluding hydrogens is 322 g/mol. The first kappa shape index (κ1) is 15.6. The second-order valence-electron chi connectivity index (χ2n) is 5.17. The maximum Gasteiger partial charge on any atom is 0.264 e. The van der Waals surface area contributed by atoms with E-state index in [0.717, 1.165) is 29.0 Å². The molecule has 3 aromatic rings. The van der Waals surface area contributed by atoms with Gasteiger partial charge in [0, 0.05) is 24.5 Å². The van der Waals surface area contributed by atoms with E-state index in [1.807, 2.05) is 0 Å². The molecule has 0 fully saturated rings. The summed E-state index contributed by atoms with van der Waals surface area (Å²) >= 11 is 0. The highest BCUT2D eigenvalue weighted by atomic mass is 32.2. The highest BCUT2D eigenvalue weighted by Crippen LogP contribution is 2.26. The molecule has 0 aliphatic heterocycles. The molecular formula is C13H15N5O4S. The number of carbonyl (C=O) groups excluding carboxylic acids is 1. The van der Waals surface area contributed by atoms with Crippen LogP contribution < -0.4 is 0 Å². The molecule has 0 aliphatic rings. The van der Waals surface area contributed by atoms with Gasteiger partial charge in [-0.25, -0.2) is 4.68 Å². The van der Waals surface area contributed by atoms with E-state index >= 15 is 0 Å². The SMILES string of the molecule is Cn1ncc2c(C=O)cc3nnn(CCCOS(C)(=O)=O)c3c21. The number of nitrogens with zero attached hydrogens (tertiary/aromatic N) is 5. The van der Waals surface area contributed by atoms with Gasteiger partial charge in [-0.2, -0.15) is 13.5 Å². The lowest BCUT2D eigenvalue weighted by Gasteiger charge is -2.05. The quantitative estimate of drug-likeness (QED) is 0.366. The van der Waals surface area contributed by atoms with Gasteiger partial charge in [-0.05, 0) is 12.5 Å². The highest BCUT2D eigenvalue weighted by molar-refractivity contribution is 7.85. The van der Waals surface area contributed by atoms with Crippen LogP contribution in [0.3, 0.4) is 0 Å². The van der Waals surface area contributed by atoms with E-state index in [2.05, 4.69) is 15.4 Å². The smallest absolute Gasteiger partial charge is 0.264 e. The third-order valence-corrected chi connectivity index (χ3v) is 4.06. The van der Waals surface area contributed by atoms with Gasteiger partial charge in [0.15, 0.2) is 6.29 Å². The van der Waals surface area contributed by atoms with Gasteiger partial charge in [-0.15, -0.1) is 5.10 Å². The number of aryl methyl sites for hydroxylation is 2. The Kier molecular flexibility index (Phi) is 3.86. The zero-order valence-electron chi connectivity index (χ0n) is 12.6. The standard InChI is InChI=1S/C13H15N5O4S/c1-17-12-10(7-14-17)9(8-19)6-11-13(12)18(16-15-11)4-3-5-22-23(2,20)21/h6-8H,3-5H2,1-2H3. The number of hydrogen-bond donors (Lipinski definition) is 0. The van der Waals surface area contributed by atoms with Crippen molar-refractivity contribution < 1.29 is 17.4 Å². The lowest BCUT2D eigenvalue weighted by atomic mass is 10.1. The summed E-state index contributed by atoms with van der Waals surface area (Å²) in [5.41, 5.74) is 2.61. The number of aromatic nitrogens is 5. The molecule has 1 aromatic carbocycles. The molecule has 122 valence electrons. The summed E-state index contributed by atoms with van der Waals surface area (Å²) in [4.78, 5) is 11.2. The van der Waals surface area contributed by atoms with E-state index in [0.29, 0.717) is 24.0 Å². The molecule has 0 atom stereocenters. The molecule has 2 heterocycles. The minimum atomic E-state index is -3.45. The van der Waals surface area contributed by atoms with Crippen LogP contribution in [0.2, 0.25) is 0 Å². The third-order valence-electron chi connectivity index (χ3n) is 3.47. The summed E-state index contributed by atoms with van der Waals surface area (Å²) in [5, 5.41) is 13.1. The fraction of sp³-hybridized carbons (Fsp3) is 0.385. The van der Waals surface area contributed by atoms with Gasteiger partial charge < -0.3 is 0 Å². The Hall–Kier alpha value is -2.33. The molecule has 3 rings (SSSR count). The molecule has 0 aliphatic carbocycles. The van der Waals surface area contributed by atoms with Gasteiger partial charge in [-0.1, -0.05) is 5.21 Å². The van der Waals surface area contributed by atoms with E-state index in [4.69, 9.17) is 4.18 Å². The van der Waals surface area contributed by atoms with E-state index in [-0.39, 0.29) is 6.61 Å². The first-order chi connectivity index (χ1) is 10.9. The van der Waals surface area contributed by atoms with E-state index < -0.39 is 10.1 Å². The van der Waals surface area contributed by atoms with Crippen molar-refractivity contribution in [2.24, 2.45) is 7.05 Å². The van der Waals surface area contributed by atoms with Crippen LogP contribution >= 0.6 is 0 Å². The lowest BCUT2D eigenvalue weighted by Crippen LogP contribution is -2.08. The Bertz CT molecular complexity index is 989. The van der Waals surface area contributed by atoms with Crippen LogP contribution in [0.1, 0.15) is 16.8 Å². The molecule has 0 spiro atoms. The van der Waals surface area contributed by atoms with Gasteiger partial charge in [0.2, 0.25) is 0 Å². The van der Waals surface area contributed by atoms with Crippen LogP contribution in [0.5, 0.6) is 0 Å². The minimum Gasteiger partial charge on any atom is -0.298 e. The van der Waals surface area contributed by atoms with Crippen molar-refractivity contribution in [2.75, 3.05) is 12.9 Å². The maximum atomic E-state index is 11.2. The Morgan fingerprint density at radius 2 is 2.13 bits per heavy atom. The number of carbonyl (C=O) groups is 1. The predicted octanol–water partition coefficient (Wildman–Crippen LogP) is 0.497. The minimum absolute atomic E-state index is 0.0706. The molecule has 0 radical (unpaired) electrons. The summed E-state index contributed by atoms with van der Waals surface area (Å²) in [6, 6.07) is 1.67. The van der Waals surface area contributed by atoms with Crippen molar-refractivity contribution in [3.05, 3.63) is 17.8 Å². The van der Waals surface area contributed by atoms with Gasteiger partial charge in [-0.3, -0.25) is 13.7 Å².